The average Bonchev–Trinajstić information content (AvgIpc) is 2.55. The van der Waals surface area contributed by atoms with Gasteiger partial charge in [-0.3, -0.25) is 5.43 Å². The van der Waals surface area contributed by atoms with Gasteiger partial charge in [0.15, 0.2) is 6.61 Å². The molecule has 0 saturated heterocycles. The fourth-order valence-electron chi connectivity index (χ4n) is 1.61. The lowest BCUT2D eigenvalue weighted by Crippen LogP contribution is -2.10. The molecular weight excluding hydrogens is 334 g/mol. The lowest BCUT2D eigenvalue weighted by Gasteiger charge is -2.07. The van der Waals surface area contributed by atoms with Gasteiger partial charge in [-0.05, 0) is 12.1 Å². The second-order valence-corrected chi connectivity index (χ2v) is 4.29. The number of rotatable bonds is 6. The molecule has 0 unspecified atom stereocenters. The minimum absolute atomic E-state index is 0.137. The van der Waals surface area contributed by atoms with Gasteiger partial charge >= 0.3 is 5.97 Å². The summed E-state index contributed by atoms with van der Waals surface area (Å²) in [6.07, 6.45) is 1.03. The predicted molar refractivity (Wildman–Crippen MR) is 74.9 cm³/mol. The molecule has 1 aromatic carbocycles. The summed E-state index contributed by atoms with van der Waals surface area (Å²) in [6.45, 7) is -0.609. The normalized spacial score (nSPS) is 10.8. The quantitative estimate of drug-likeness (QED) is 0.364. The van der Waals surface area contributed by atoms with Crippen LogP contribution in [-0.4, -0.2) is 28.9 Å². The van der Waals surface area contributed by atoms with Gasteiger partial charge in [-0.25, -0.2) is 4.79 Å². The predicted octanol–water partition coefficient (Wildman–Crippen LogP) is 2.55. The number of aromatic nitrogens is 1. The number of anilines is 1. The zero-order chi connectivity index (χ0) is 17.7. The Balaban J connectivity index is 2.20. The van der Waals surface area contributed by atoms with Crippen molar-refractivity contribution in [3.8, 4) is 5.75 Å². The molecular formula is C14H9F4N3O3. The Bertz CT molecular complexity index is 773. The standard InChI is InChI=1S/C14H9F4N3O3/c15-10-12(11(16)14(18)20-13(10)17)21-19-5-7-3-1-2-4-8(7)24-6-9(22)23/h1-5H,6H2,(H,20,21)(H,22,23)/b19-5+. The molecule has 0 aliphatic heterocycles. The number of halogens is 4. The van der Waals surface area contributed by atoms with Gasteiger partial charge in [0, 0.05) is 5.56 Å². The van der Waals surface area contributed by atoms with E-state index in [2.05, 4.69) is 10.1 Å². The Morgan fingerprint density at radius 2 is 1.83 bits per heavy atom. The van der Waals surface area contributed by atoms with Crippen molar-refractivity contribution in [1.29, 1.82) is 0 Å². The summed E-state index contributed by atoms with van der Waals surface area (Å²) in [5, 5.41) is 12.0. The molecule has 2 aromatic rings. The highest BCUT2D eigenvalue weighted by atomic mass is 19.2. The lowest BCUT2D eigenvalue weighted by molar-refractivity contribution is -0.139. The molecule has 2 N–H and O–H groups in total. The molecule has 10 heteroatoms. The number of hydrazone groups is 1. The minimum atomic E-state index is -1.82. The number of pyridine rings is 1. The topological polar surface area (TPSA) is 83.8 Å². The Kier molecular flexibility index (Phi) is 5.30. The van der Waals surface area contributed by atoms with Gasteiger partial charge in [0.2, 0.25) is 11.6 Å². The van der Waals surface area contributed by atoms with Crippen molar-refractivity contribution in [3.63, 3.8) is 0 Å². The first-order valence-corrected chi connectivity index (χ1v) is 6.33. The van der Waals surface area contributed by atoms with E-state index in [-0.39, 0.29) is 11.3 Å². The zero-order valence-corrected chi connectivity index (χ0v) is 11.8. The number of carboxylic acids is 1. The SMILES string of the molecule is O=C(O)COc1ccccc1/C=N/Nc1c(F)c(F)nc(F)c1F. The van der Waals surface area contributed by atoms with Crippen molar-refractivity contribution in [2.24, 2.45) is 5.10 Å². The van der Waals surface area contributed by atoms with Crippen LogP contribution in [0.4, 0.5) is 23.2 Å². The average molecular weight is 343 g/mol. The molecule has 0 aliphatic carbocycles. The van der Waals surface area contributed by atoms with Crippen molar-refractivity contribution in [2.75, 3.05) is 12.0 Å². The van der Waals surface area contributed by atoms with Crippen LogP contribution >= 0.6 is 0 Å². The van der Waals surface area contributed by atoms with Crippen LogP contribution in [-0.2, 0) is 4.79 Å². The number of aliphatic carboxylic acids is 1. The third-order valence-electron chi connectivity index (χ3n) is 2.65. The molecule has 0 bridgehead atoms. The molecule has 24 heavy (non-hydrogen) atoms. The number of hydrogen-bond donors (Lipinski definition) is 2. The minimum Gasteiger partial charge on any atom is -0.481 e. The molecule has 0 atom stereocenters. The van der Waals surface area contributed by atoms with Gasteiger partial charge in [-0.2, -0.15) is 27.6 Å². The molecule has 0 aliphatic rings. The summed E-state index contributed by atoms with van der Waals surface area (Å²) in [5.74, 6) is -8.18. The Hall–Kier alpha value is -3.17. The van der Waals surface area contributed by atoms with Gasteiger partial charge in [-0.1, -0.05) is 12.1 Å². The molecule has 6 nitrogen and oxygen atoms in total. The van der Waals surface area contributed by atoms with Crippen molar-refractivity contribution in [3.05, 3.63) is 53.4 Å². The van der Waals surface area contributed by atoms with Crippen LogP contribution in [0, 0.1) is 23.5 Å². The van der Waals surface area contributed by atoms with Crippen LogP contribution in [0.15, 0.2) is 29.4 Å². The second-order valence-electron chi connectivity index (χ2n) is 4.29. The highest BCUT2D eigenvalue weighted by Gasteiger charge is 2.20. The lowest BCUT2D eigenvalue weighted by atomic mass is 10.2. The molecule has 1 aromatic heterocycles. The first kappa shape index (κ1) is 17.2. The summed E-state index contributed by atoms with van der Waals surface area (Å²) in [6, 6.07) is 6.05. The van der Waals surface area contributed by atoms with Gasteiger partial charge in [0.05, 0.1) is 6.21 Å². The van der Waals surface area contributed by atoms with E-state index in [0.29, 0.717) is 0 Å². The van der Waals surface area contributed by atoms with E-state index in [4.69, 9.17) is 9.84 Å². The van der Waals surface area contributed by atoms with E-state index in [1.54, 1.807) is 12.1 Å². The smallest absolute Gasteiger partial charge is 0.341 e. The van der Waals surface area contributed by atoms with Crippen molar-refractivity contribution < 1.29 is 32.2 Å². The molecule has 2 rings (SSSR count). The summed E-state index contributed by atoms with van der Waals surface area (Å²) in [4.78, 5) is 12.9. The number of benzene rings is 1. The third-order valence-corrected chi connectivity index (χ3v) is 2.65. The largest absolute Gasteiger partial charge is 0.481 e. The molecule has 0 amide bonds. The summed E-state index contributed by atoms with van der Waals surface area (Å²) < 4.78 is 57.7. The Labute approximate surface area is 132 Å². The van der Waals surface area contributed by atoms with E-state index in [0.717, 1.165) is 6.21 Å². The Morgan fingerprint density at radius 3 is 2.46 bits per heavy atom. The summed E-state index contributed by atoms with van der Waals surface area (Å²) >= 11 is 0. The van der Waals surface area contributed by atoms with Crippen LogP contribution in [0.1, 0.15) is 5.56 Å². The molecule has 126 valence electrons. The maximum absolute atomic E-state index is 13.4. The van der Waals surface area contributed by atoms with E-state index in [1.165, 1.54) is 12.1 Å². The molecule has 1 heterocycles. The third kappa shape index (κ3) is 3.97. The maximum Gasteiger partial charge on any atom is 0.341 e. The fourth-order valence-corrected chi connectivity index (χ4v) is 1.61. The fraction of sp³-hybridized carbons (Fsp3) is 0.0714. The van der Waals surface area contributed by atoms with Crippen LogP contribution in [0.5, 0.6) is 5.75 Å². The summed E-state index contributed by atoms with van der Waals surface area (Å²) in [7, 11) is 0. The molecule has 0 fully saturated rings. The number of carboxylic acid groups (broad SMARTS) is 1. The van der Waals surface area contributed by atoms with Crippen LogP contribution < -0.4 is 10.2 Å². The van der Waals surface area contributed by atoms with E-state index < -0.39 is 41.8 Å². The number of nitrogens with one attached hydrogen (secondary N) is 1. The number of nitrogens with zero attached hydrogens (tertiary/aromatic N) is 2. The second kappa shape index (κ2) is 7.40. The first-order valence-electron chi connectivity index (χ1n) is 6.33. The van der Waals surface area contributed by atoms with E-state index in [1.807, 2.05) is 5.43 Å². The Morgan fingerprint density at radius 1 is 1.21 bits per heavy atom. The van der Waals surface area contributed by atoms with E-state index >= 15 is 0 Å². The van der Waals surface area contributed by atoms with Gasteiger partial charge < -0.3 is 9.84 Å². The summed E-state index contributed by atoms with van der Waals surface area (Å²) in [5.41, 5.74) is 0.944. The highest BCUT2D eigenvalue weighted by molar-refractivity contribution is 5.84. The number of para-hydroxylation sites is 1. The van der Waals surface area contributed by atoms with E-state index in [9.17, 15) is 22.4 Å². The molecule has 0 radical (unpaired) electrons. The van der Waals surface area contributed by atoms with Gasteiger partial charge in [0.25, 0.3) is 11.9 Å². The number of ether oxygens (including phenoxy) is 1. The van der Waals surface area contributed by atoms with Gasteiger partial charge in [-0.15, -0.1) is 0 Å². The van der Waals surface area contributed by atoms with Crippen LogP contribution in [0.3, 0.4) is 0 Å². The highest BCUT2D eigenvalue weighted by Crippen LogP contribution is 2.22. The van der Waals surface area contributed by atoms with Crippen molar-refractivity contribution >= 4 is 17.9 Å². The zero-order valence-electron chi connectivity index (χ0n) is 11.8. The monoisotopic (exact) mass is 343 g/mol. The van der Waals surface area contributed by atoms with Crippen molar-refractivity contribution in [2.45, 2.75) is 0 Å². The number of carbonyl (C=O) groups is 1. The molecule has 0 spiro atoms. The van der Waals surface area contributed by atoms with Crippen LogP contribution in [0.2, 0.25) is 0 Å². The first-order chi connectivity index (χ1) is 11.4. The van der Waals surface area contributed by atoms with Crippen LogP contribution in [0.25, 0.3) is 0 Å². The van der Waals surface area contributed by atoms with Gasteiger partial charge in [0.1, 0.15) is 11.4 Å². The maximum atomic E-state index is 13.4. The van der Waals surface area contributed by atoms with Crippen molar-refractivity contribution in [1.82, 2.24) is 4.98 Å². The number of hydrogen-bond acceptors (Lipinski definition) is 5. The molecule has 0 saturated carbocycles.